The van der Waals surface area contributed by atoms with E-state index < -0.39 is 17.6 Å². The number of hydroxylamine groups is 1. The minimum Gasteiger partial charge on any atom is -0.508 e. The maximum Gasteiger partial charge on any atom is 0.332 e. The number of phenolic OH excluding ortho intramolecular Hbond substituents is 1. The molecule has 0 bridgehead atoms. The molecule has 0 fully saturated rings. The quantitative estimate of drug-likeness (QED) is 0.249. The molecule has 0 aliphatic rings. The first-order valence-corrected chi connectivity index (χ1v) is 9.51. The zero-order valence-electron chi connectivity index (χ0n) is 15.7. The number of hydrogen-bond acceptors (Lipinski definition) is 5. The highest BCUT2D eigenvalue weighted by Gasteiger charge is 2.17. The minimum absolute atomic E-state index is 0.0240. The average molecular weight is 465 g/mol. The lowest BCUT2D eigenvalue weighted by Crippen LogP contribution is -2.33. The molecular formula is C21H15Cl2FN2O5. The maximum absolute atomic E-state index is 13.9. The van der Waals surface area contributed by atoms with Crippen LogP contribution in [0, 0.1) is 5.82 Å². The molecule has 0 spiro atoms. The van der Waals surface area contributed by atoms with E-state index in [4.69, 9.17) is 33.1 Å². The van der Waals surface area contributed by atoms with E-state index in [2.05, 4.69) is 5.32 Å². The molecule has 0 aromatic heterocycles. The molecule has 10 heteroatoms. The fourth-order valence-corrected chi connectivity index (χ4v) is 3.26. The Balaban J connectivity index is 1.83. The molecule has 0 aliphatic carbocycles. The van der Waals surface area contributed by atoms with Crippen molar-refractivity contribution in [2.45, 2.75) is 6.42 Å². The average Bonchev–Trinajstić information content (AvgIpc) is 2.73. The second-order valence-electron chi connectivity index (χ2n) is 6.32. The Bertz CT molecular complexity index is 1130. The Morgan fingerprint density at radius 3 is 2.29 bits per heavy atom. The third-order valence-corrected chi connectivity index (χ3v) is 4.74. The van der Waals surface area contributed by atoms with Crippen molar-refractivity contribution in [3.63, 3.8) is 0 Å². The second-order valence-corrected chi connectivity index (χ2v) is 7.14. The molecular weight excluding hydrogens is 450 g/mol. The topological polar surface area (TPSA) is 108 Å². The van der Waals surface area contributed by atoms with Gasteiger partial charge in [0.2, 0.25) is 0 Å². The molecule has 31 heavy (non-hydrogen) atoms. The molecule has 0 atom stereocenters. The Hall–Kier alpha value is -3.33. The van der Waals surface area contributed by atoms with E-state index in [1.165, 1.54) is 41.9 Å². The van der Waals surface area contributed by atoms with E-state index >= 15 is 0 Å². The number of carbonyl (C=O) groups is 2. The fourth-order valence-electron chi connectivity index (χ4n) is 2.70. The highest BCUT2D eigenvalue weighted by Crippen LogP contribution is 2.39. The molecule has 2 amide bonds. The zero-order chi connectivity index (χ0) is 22.5. The van der Waals surface area contributed by atoms with Crippen LogP contribution in [-0.4, -0.2) is 22.1 Å². The summed E-state index contributed by atoms with van der Waals surface area (Å²) in [6.07, 6.45) is 0.134. The highest BCUT2D eigenvalue weighted by atomic mass is 35.5. The van der Waals surface area contributed by atoms with E-state index in [0.29, 0.717) is 11.1 Å². The van der Waals surface area contributed by atoms with E-state index in [1.807, 2.05) is 0 Å². The van der Waals surface area contributed by atoms with Gasteiger partial charge in [0, 0.05) is 17.7 Å². The Morgan fingerprint density at radius 1 is 0.968 bits per heavy atom. The molecule has 0 saturated carbocycles. The summed E-state index contributed by atoms with van der Waals surface area (Å²) in [5, 5.41) is 20.9. The van der Waals surface area contributed by atoms with Gasteiger partial charge in [0.1, 0.15) is 17.3 Å². The van der Waals surface area contributed by atoms with E-state index in [-0.39, 0.29) is 39.4 Å². The van der Waals surface area contributed by atoms with Gasteiger partial charge in [0.25, 0.3) is 0 Å². The van der Waals surface area contributed by atoms with Gasteiger partial charge in [-0.2, -0.15) is 0 Å². The van der Waals surface area contributed by atoms with Gasteiger partial charge in [-0.25, -0.2) is 9.87 Å². The first-order chi connectivity index (χ1) is 14.8. The summed E-state index contributed by atoms with van der Waals surface area (Å²) in [6, 6.07) is 13.2. The lowest BCUT2D eigenvalue weighted by molar-refractivity contribution is -0.141. The highest BCUT2D eigenvalue weighted by molar-refractivity contribution is 6.40. The van der Waals surface area contributed by atoms with E-state index in [1.54, 1.807) is 18.2 Å². The van der Waals surface area contributed by atoms with Crippen molar-refractivity contribution >= 4 is 40.7 Å². The minimum atomic E-state index is -1.26. The second kappa shape index (κ2) is 9.65. The normalized spacial score (nSPS) is 10.5. The van der Waals surface area contributed by atoms with Crippen LogP contribution in [0.15, 0.2) is 54.6 Å². The molecule has 3 rings (SSSR count). The van der Waals surface area contributed by atoms with Gasteiger partial charge in [-0.3, -0.25) is 14.8 Å². The summed E-state index contributed by atoms with van der Waals surface area (Å²) in [7, 11) is 0. The predicted octanol–water partition coefficient (Wildman–Crippen LogP) is 4.67. The Labute approximate surface area is 185 Å². The summed E-state index contributed by atoms with van der Waals surface area (Å²) in [5.41, 5.74) is 2.13. The smallest absolute Gasteiger partial charge is 0.332 e. The van der Waals surface area contributed by atoms with Gasteiger partial charge in [0.05, 0.1) is 10.0 Å². The molecule has 0 saturated heterocycles. The van der Waals surface area contributed by atoms with Crippen molar-refractivity contribution in [1.29, 1.82) is 0 Å². The fraction of sp³-hybridized carbons (Fsp3) is 0.0476. The third kappa shape index (κ3) is 5.43. The van der Waals surface area contributed by atoms with Crippen molar-refractivity contribution in [1.82, 2.24) is 5.48 Å². The van der Waals surface area contributed by atoms with Crippen LogP contribution in [0.25, 0.3) is 0 Å². The molecule has 0 heterocycles. The predicted molar refractivity (Wildman–Crippen MR) is 112 cm³/mol. The number of benzene rings is 3. The van der Waals surface area contributed by atoms with Gasteiger partial charge in [-0.1, -0.05) is 41.4 Å². The maximum atomic E-state index is 13.9. The van der Waals surface area contributed by atoms with Crippen LogP contribution in [0.4, 0.5) is 10.1 Å². The van der Waals surface area contributed by atoms with Gasteiger partial charge in [0.15, 0.2) is 5.75 Å². The van der Waals surface area contributed by atoms with Crippen LogP contribution in [0.3, 0.4) is 0 Å². The van der Waals surface area contributed by atoms with Crippen LogP contribution in [-0.2, 0) is 16.0 Å². The summed E-state index contributed by atoms with van der Waals surface area (Å²) in [6.45, 7) is 0. The summed E-state index contributed by atoms with van der Waals surface area (Å²) in [4.78, 5) is 22.6. The number of amides is 2. The standard InChI is InChI=1S/C21H15Cl2FN2O5/c22-15-9-13(25-20(28)21(29)26-30)10-16(23)19(15)31-14-5-6-18(27)12(8-14)7-11-3-1-2-4-17(11)24/h1-6,8-10,27,30H,7H2,(H,25,28)(H,26,29). The van der Waals surface area contributed by atoms with Gasteiger partial charge >= 0.3 is 11.8 Å². The largest absolute Gasteiger partial charge is 0.508 e. The summed E-state index contributed by atoms with van der Waals surface area (Å²) in [5.74, 6) is -2.47. The van der Waals surface area contributed by atoms with Crippen molar-refractivity contribution in [3.8, 4) is 17.2 Å². The zero-order valence-corrected chi connectivity index (χ0v) is 17.2. The SMILES string of the molecule is O=C(NO)C(=O)Nc1cc(Cl)c(Oc2ccc(O)c(Cc3ccccc3F)c2)c(Cl)c1. The van der Waals surface area contributed by atoms with Gasteiger partial charge < -0.3 is 15.2 Å². The number of halogens is 3. The van der Waals surface area contributed by atoms with Crippen molar-refractivity contribution in [2.24, 2.45) is 0 Å². The number of nitrogens with one attached hydrogen (secondary N) is 2. The molecule has 7 nitrogen and oxygen atoms in total. The molecule has 3 aromatic rings. The monoisotopic (exact) mass is 464 g/mol. The molecule has 0 radical (unpaired) electrons. The van der Waals surface area contributed by atoms with Crippen LogP contribution in [0.1, 0.15) is 11.1 Å². The molecule has 3 aromatic carbocycles. The van der Waals surface area contributed by atoms with Crippen LogP contribution in [0.5, 0.6) is 17.2 Å². The lowest BCUT2D eigenvalue weighted by Gasteiger charge is -2.14. The molecule has 0 unspecified atom stereocenters. The third-order valence-electron chi connectivity index (χ3n) is 4.17. The summed E-state index contributed by atoms with van der Waals surface area (Å²) < 4.78 is 19.7. The number of phenols is 1. The van der Waals surface area contributed by atoms with Crippen molar-refractivity contribution in [3.05, 3.63) is 81.6 Å². The van der Waals surface area contributed by atoms with Crippen LogP contribution < -0.4 is 15.5 Å². The van der Waals surface area contributed by atoms with Crippen LogP contribution in [0.2, 0.25) is 10.0 Å². The number of carbonyl (C=O) groups excluding carboxylic acids is 2. The van der Waals surface area contributed by atoms with E-state index in [0.717, 1.165) is 0 Å². The summed E-state index contributed by atoms with van der Waals surface area (Å²) >= 11 is 12.4. The molecule has 4 N–H and O–H groups in total. The molecule has 0 aliphatic heterocycles. The number of rotatable bonds is 5. The first-order valence-electron chi connectivity index (χ1n) is 8.76. The van der Waals surface area contributed by atoms with Gasteiger partial charge in [-0.15, -0.1) is 0 Å². The van der Waals surface area contributed by atoms with Crippen LogP contribution >= 0.6 is 23.2 Å². The Kier molecular flexibility index (Phi) is 6.96. The van der Waals surface area contributed by atoms with Crippen molar-refractivity contribution in [2.75, 3.05) is 5.32 Å². The Morgan fingerprint density at radius 2 is 1.65 bits per heavy atom. The first kappa shape index (κ1) is 22.4. The lowest BCUT2D eigenvalue weighted by atomic mass is 10.0. The van der Waals surface area contributed by atoms with Gasteiger partial charge in [-0.05, 0) is 42.0 Å². The van der Waals surface area contributed by atoms with E-state index in [9.17, 15) is 19.1 Å². The number of hydrogen-bond donors (Lipinski definition) is 4. The van der Waals surface area contributed by atoms with Crippen molar-refractivity contribution < 1.29 is 29.0 Å². The number of aromatic hydroxyl groups is 1. The number of anilines is 1. The molecule has 160 valence electrons. The number of ether oxygens (including phenoxy) is 1.